The van der Waals surface area contributed by atoms with Crippen molar-refractivity contribution in [3.05, 3.63) is 30.3 Å². The van der Waals surface area contributed by atoms with Gasteiger partial charge < -0.3 is 20.1 Å². The predicted octanol–water partition coefficient (Wildman–Crippen LogP) is 1.65. The zero-order valence-corrected chi connectivity index (χ0v) is 12.7. The van der Waals surface area contributed by atoms with Gasteiger partial charge in [0.1, 0.15) is 11.9 Å². The molecule has 0 spiro atoms. The Labute approximate surface area is 121 Å². The Bertz CT molecular complexity index is 395. The van der Waals surface area contributed by atoms with E-state index in [4.69, 9.17) is 9.47 Å². The molecule has 2 unspecified atom stereocenters. The van der Waals surface area contributed by atoms with Crippen LogP contribution in [0.5, 0.6) is 5.75 Å². The van der Waals surface area contributed by atoms with Crippen LogP contribution < -0.4 is 15.4 Å². The van der Waals surface area contributed by atoms with Gasteiger partial charge in [0.2, 0.25) is 0 Å². The normalized spacial score (nSPS) is 14.5. The van der Waals surface area contributed by atoms with Crippen LogP contribution in [-0.2, 0) is 4.74 Å². The second-order valence-corrected chi connectivity index (χ2v) is 4.70. The molecule has 0 saturated heterocycles. The molecule has 0 aliphatic rings. The fourth-order valence-electron chi connectivity index (χ4n) is 1.73. The van der Waals surface area contributed by atoms with E-state index >= 15 is 0 Å². The first-order valence-electron chi connectivity index (χ1n) is 6.83. The first-order valence-corrected chi connectivity index (χ1v) is 6.83. The number of benzene rings is 1. The van der Waals surface area contributed by atoms with Gasteiger partial charge in [0, 0.05) is 20.2 Å². The number of hydrogen-bond donors (Lipinski definition) is 2. The Kier molecular flexibility index (Phi) is 7.50. The Morgan fingerprint density at radius 3 is 2.55 bits per heavy atom. The largest absolute Gasteiger partial charge is 0.489 e. The summed E-state index contributed by atoms with van der Waals surface area (Å²) in [4.78, 5) is 4.17. The molecular weight excluding hydrogens is 254 g/mol. The molecule has 1 aromatic carbocycles. The Hall–Kier alpha value is -1.75. The second kappa shape index (κ2) is 9.20. The summed E-state index contributed by atoms with van der Waals surface area (Å²) in [7, 11) is 3.43. The van der Waals surface area contributed by atoms with Gasteiger partial charge in [-0.05, 0) is 26.0 Å². The summed E-state index contributed by atoms with van der Waals surface area (Å²) in [6.07, 6.45) is 0.0497. The lowest BCUT2D eigenvalue weighted by Gasteiger charge is -2.20. The van der Waals surface area contributed by atoms with E-state index in [1.54, 1.807) is 14.2 Å². The number of nitrogens with one attached hydrogen (secondary N) is 2. The first-order chi connectivity index (χ1) is 9.65. The standard InChI is InChI=1S/C15H25N3O2/c1-12(11-19-4)18-15(16-3)17-10-13(2)20-14-8-6-5-7-9-14/h5-9,12-13H,10-11H2,1-4H3,(H2,16,17,18). The zero-order valence-electron chi connectivity index (χ0n) is 12.7. The van der Waals surface area contributed by atoms with Gasteiger partial charge in [-0.25, -0.2) is 0 Å². The highest BCUT2D eigenvalue weighted by atomic mass is 16.5. The fraction of sp³-hybridized carbons (Fsp3) is 0.533. The van der Waals surface area contributed by atoms with E-state index in [-0.39, 0.29) is 12.1 Å². The maximum Gasteiger partial charge on any atom is 0.191 e. The number of aliphatic imine (C=N–C) groups is 1. The number of rotatable bonds is 7. The molecule has 0 fully saturated rings. The monoisotopic (exact) mass is 279 g/mol. The van der Waals surface area contributed by atoms with E-state index in [0.29, 0.717) is 13.2 Å². The topological polar surface area (TPSA) is 54.9 Å². The van der Waals surface area contributed by atoms with Crippen molar-refractivity contribution in [2.45, 2.75) is 26.0 Å². The fourth-order valence-corrected chi connectivity index (χ4v) is 1.73. The minimum Gasteiger partial charge on any atom is -0.489 e. The SMILES string of the molecule is CN=C(NCC(C)Oc1ccccc1)NC(C)COC. The van der Waals surface area contributed by atoms with Crippen LogP contribution in [-0.4, -0.2) is 45.4 Å². The van der Waals surface area contributed by atoms with Crippen LogP contribution in [0.2, 0.25) is 0 Å². The van der Waals surface area contributed by atoms with E-state index in [1.807, 2.05) is 44.2 Å². The zero-order chi connectivity index (χ0) is 14.8. The lowest BCUT2D eigenvalue weighted by atomic mass is 10.3. The van der Waals surface area contributed by atoms with Gasteiger partial charge in [-0.15, -0.1) is 0 Å². The summed E-state index contributed by atoms with van der Waals surface area (Å²) in [6, 6.07) is 9.99. The average molecular weight is 279 g/mol. The van der Waals surface area contributed by atoms with Crippen LogP contribution in [0.4, 0.5) is 0 Å². The molecule has 5 nitrogen and oxygen atoms in total. The Morgan fingerprint density at radius 1 is 1.25 bits per heavy atom. The third-order valence-electron chi connectivity index (χ3n) is 2.66. The molecule has 0 aliphatic heterocycles. The average Bonchev–Trinajstić information content (AvgIpc) is 2.44. The highest BCUT2D eigenvalue weighted by Gasteiger charge is 2.07. The van der Waals surface area contributed by atoms with Crippen LogP contribution in [0.3, 0.4) is 0 Å². The van der Waals surface area contributed by atoms with Crippen molar-refractivity contribution in [3.8, 4) is 5.75 Å². The van der Waals surface area contributed by atoms with Crippen molar-refractivity contribution in [2.75, 3.05) is 27.3 Å². The van der Waals surface area contributed by atoms with E-state index in [9.17, 15) is 0 Å². The smallest absolute Gasteiger partial charge is 0.191 e. The minimum absolute atomic E-state index is 0.0497. The molecular formula is C15H25N3O2. The van der Waals surface area contributed by atoms with Crippen LogP contribution in [0.15, 0.2) is 35.3 Å². The molecule has 20 heavy (non-hydrogen) atoms. The van der Waals surface area contributed by atoms with Crippen LogP contribution in [0.25, 0.3) is 0 Å². The van der Waals surface area contributed by atoms with Crippen molar-refractivity contribution in [1.29, 1.82) is 0 Å². The highest BCUT2D eigenvalue weighted by Crippen LogP contribution is 2.10. The molecule has 1 rings (SSSR count). The van der Waals surface area contributed by atoms with Crippen molar-refractivity contribution < 1.29 is 9.47 Å². The molecule has 5 heteroatoms. The van der Waals surface area contributed by atoms with Gasteiger partial charge in [0.25, 0.3) is 0 Å². The first kappa shape index (κ1) is 16.3. The second-order valence-electron chi connectivity index (χ2n) is 4.70. The van der Waals surface area contributed by atoms with Gasteiger partial charge in [0.05, 0.1) is 13.2 Å². The Balaban J connectivity index is 2.33. The molecule has 0 radical (unpaired) electrons. The number of guanidine groups is 1. The maximum atomic E-state index is 5.79. The lowest BCUT2D eigenvalue weighted by Crippen LogP contribution is -2.46. The molecule has 0 heterocycles. The van der Waals surface area contributed by atoms with Gasteiger partial charge in [-0.1, -0.05) is 18.2 Å². The lowest BCUT2D eigenvalue weighted by molar-refractivity contribution is 0.178. The summed E-state index contributed by atoms with van der Waals surface area (Å²) in [6.45, 7) is 5.37. The highest BCUT2D eigenvalue weighted by molar-refractivity contribution is 5.79. The number of para-hydroxylation sites is 1. The maximum absolute atomic E-state index is 5.79. The van der Waals surface area contributed by atoms with E-state index < -0.39 is 0 Å². The van der Waals surface area contributed by atoms with Gasteiger partial charge >= 0.3 is 0 Å². The number of methoxy groups -OCH3 is 1. The minimum atomic E-state index is 0.0497. The van der Waals surface area contributed by atoms with E-state index in [1.165, 1.54) is 0 Å². The molecule has 0 saturated carbocycles. The van der Waals surface area contributed by atoms with Crippen LogP contribution >= 0.6 is 0 Å². The van der Waals surface area contributed by atoms with Gasteiger partial charge in [-0.2, -0.15) is 0 Å². The molecule has 2 atom stereocenters. The van der Waals surface area contributed by atoms with Crippen LogP contribution in [0, 0.1) is 0 Å². The van der Waals surface area contributed by atoms with Gasteiger partial charge in [-0.3, -0.25) is 4.99 Å². The van der Waals surface area contributed by atoms with E-state index in [2.05, 4.69) is 15.6 Å². The molecule has 0 aliphatic carbocycles. The Morgan fingerprint density at radius 2 is 1.95 bits per heavy atom. The van der Waals surface area contributed by atoms with Crippen molar-refractivity contribution >= 4 is 5.96 Å². The summed E-state index contributed by atoms with van der Waals surface area (Å²) in [5.74, 6) is 1.62. The number of hydrogen-bond acceptors (Lipinski definition) is 3. The summed E-state index contributed by atoms with van der Waals surface area (Å²) in [5, 5.41) is 6.48. The summed E-state index contributed by atoms with van der Waals surface area (Å²) in [5.41, 5.74) is 0. The molecule has 0 aromatic heterocycles. The predicted molar refractivity (Wildman–Crippen MR) is 82.4 cm³/mol. The summed E-state index contributed by atoms with van der Waals surface area (Å²) >= 11 is 0. The van der Waals surface area contributed by atoms with Crippen molar-refractivity contribution in [3.63, 3.8) is 0 Å². The van der Waals surface area contributed by atoms with Crippen LogP contribution in [0.1, 0.15) is 13.8 Å². The molecule has 112 valence electrons. The van der Waals surface area contributed by atoms with Crippen molar-refractivity contribution in [1.82, 2.24) is 10.6 Å². The molecule has 1 aromatic rings. The molecule has 0 amide bonds. The number of ether oxygens (including phenoxy) is 2. The molecule has 2 N–H and O–H groups in total. The third-order valence-corrected chi connectivity index (χ3v) is 2.66. The molecule has 0 bridgehead atoms. The third kappa shape index (κ3) is 6.43. The quantitative estimate of drug-likeness (QED) is 0.589. The van der Waals surface area contributed by atoms with Gasteiger partial charge in [0.15, 0.2) is 5.96 Å². The number of nitrogens with zero attached hydrogens (tertiary/aromatic N) is 1. The van der Waals surface area contributed by atoms with Crippen molar-refractivity contribution in [2.24, 2.45) is 4.99 Å². The van der Waals surface area contributed by atoms with E-state index in [0.717, 1.165) is 11.7 Å². The summed E-state index contributed by atoms with van der Waals surface area (Å²) < 4.78 is 10.9.